The van der Waals surface area contributed by atoms with Crippen LogP contribution in [0.25, 0.3) is 22.0 Å². The van der Waals surface area contributed by atoms with Crippen LogP contribution in [0.15, 0.2) is 102 Å². The number of aromatic nitrogens is 3. The van der Waals surface area contributed by atoms with Gasteiger partial charge in [0.25, 0.3) is 0 Å². The van der Waals surface area contributed by atoms with E-state index in [1.807, 2.05) is 74.6 Å². The summed E-state index contributed by atoms with van der Waals surface area (Å²) in [6, 6.07) is 26.3. The Labute approximate surface area is 372 Å². The second-order valence-electron chi connectivity index (χ2n) is 17.6. The van der Waals surface area contributed by atoms with Gasteiger partial charge >= 0.3 is 6.09 Å². The molecule has 0 unspecified atom stereocenters. The molecule has 7 rings (SSSR count). The number of amides is 3. The molecule has 64 heavy (non-hydrogen) atoms. The number of aromatic amines is 1. The number of ether oxygens (including phenoxy) is 1. The number of phenols is 1. The lowest BCUT2D eigenvalue weighted by Crippen LogP contribution is -2.58. The Kier molecular flexibility index (Phi) is 13.7. The molecule has 0 saturated carbocycles. The third kappa shape index (κ3) is 11.3. The third-order valence-corrected chi connectivity index (χ3v) is 11.6. The zero-order valence-electron chi connectivity index (χ0n) is 36.9. The van der Waals surface area contributed by atoms with E-state index < -0.39 is 41.6 Å². The molecule has 0 spiro atoms. The number of aromatic hydroxyl groups is 1. The first-order chi connectivity index (χ1) is 30.6. The van der Waals surface area contributed by atoms with Gasteiger partial charge in [-0.25, -0.2) is 4.79 Å². The molecule has 4 aromatic carbocycles. The van der Waals surface area contributed by atoms with Crippen LogP contribution >= 0.6 is 0 Å². The number of para-hydroxylation sites is 1. The quantitative estimate of drug-likeness (QED) is 0.0450. The Bertz CT molecular complexity index is 2570. The van der Waals surface area contributed by atoms with Gasteiger partial charge in [-0.1, -0.05) is 78.0 Å². The fraction of sp³-hybridized carbons (Fsp3) is 0.347. The van der Waals surface area contributed by atoms with E-state index in [4.69, 9.17) is 25.4 Å². The number of phenolic OH excluding ortho intramolecular Hbond substituents is 1. The Morgan fingerprint density at radius 1 is 0.906 bits per heavy atom. The molecule has 0 aliphatic carbocycles. The molecule has 1 aliphatic heterocycles. The number of nitrogens with one attached hydrogen (secondary N) is 5. The number of guanidine groups is 1. The number of carbonyl (C=O) groups excluding carboxylic acids is 3. The maximum absolute atomic E-state index is 14.9. The highest BCUT2D eigenvalue weighted by atomic mass is 16.6. The van der Waals surface area contributed by atoms with Crippen LogP contribution in [0, 0.1) is 25.2 Å². The average Bonchev–Trinajstić information content (AvgIpc) is 3.90. The number of rotatable bonds is 14. The number of nitrogens with two attached hydrogens (primary N) is 1. The minimum Gasteiger partial charge on any atom is -0.508 e. The summed E-state index contributed by atoms with van der Waals surface area (Å²) in [5, 5.41) is 32.5. The number of aryl methyl sites for hydroxylation is 2. The largest absolute Gasteiger partial charge is 0.508 e. The van der Waals surface area contributed by atoms with Crippen molar-refractivity contribution in [2.75, 3.05) is 13.1 Å². The van der Waals surface area contributed by atoms with E-state index in [1.54, 1.807) is 37.8 Å². The number of hydrogen-bond acceptors (Lipinski definition) is 9. The van der Waals surface area contributed by atoms with Crippen molar-refractivity contribution in [3.8, 4) is 16.9 Å². The van der Waals surface area contributed by atoms with Crippen LogP contribution in [0.1, 0.15) is 79.2 Å². The normalized spacial score (nSPS) is 14.7. The van der Waals surface area contributed by atoms with Gasteiger partial charge in [0, 0.05) is 49.5 Å². The van der Waals surface area contributed by atoms with E-state index in [0.717, 1.165) is 49.8 Å². The molecular formula is C49H57N9O6. The van der Waals surface area contributed by atoms with E-state index in [9.17, 15) is 19.5 Å². The van der Waals surface area contributed by atoms with E-state index in [2.05, 4.69) is 50.4 Å². The maximum atomic E-state index is 14.9. The second-order valence-corrected chi connectivity index (χ2v) is 17.6. The molecule has 2 aromatic heterocycles. The van der Waals surface area contributed by atoms with Crippen LogP contribution in [0.5, 0.6) is 5.75 Å². The summed E-state index contributed by atoms with van der Waals surface area (Å²) < 4.78 is 11.5. The van der Waals surface area contributed by atoms with Crippen molar-refractivity contribution in [2.45, 2.75) is 90.4 Å². The second kappa shape index (κ2) is 19.5. The molecule has 8 N–H and O–H groups in total. The van der Waals surface area contributed by atoms with Gasteiger partial charge in [0.1, 0.15) is 29.5 Å². The van der Waals surface area contributed by atoms with Crippen LogP contribution < -0.4 is 21.7 Å². The minimum absolute atomic E-state index is 0.0608. The molecule has 3 amide bonds. The lowest BCUT2D eigenvalue weighted by Gasteiger charge is -2.36. The number of hydrogen-bond donors (Lipinski definition) is 7. The monoisotopic (exact) mass is 867 g/mol. The van der Waals surface area contributed by atoms with Gasteiger partial charge in [-0.05, 0) is 111 Å². The van der Waals surface area contributed by atoms with Crippen LogP contribution in [0.2, 0.25) is 0 Å². The summed E-state index contributed by atoms with van der Waals surface area (Å²) in [4.78, 5) is 52.6. The van der Waals surface area contributed by atoms with Gasteiger partial charge in [-0.3, -0.25) is 15.0 Å². The first-order valence-electron chi connectivity index (χ1n) is 21.6. The lowest BCUT2D eigenvalue weighted by molar-refractivity contribution is -0.131. The van der Waals surface area contributed by atoms with Crippen LogP contribution in [0.3, 0.4) is 0 Å². The van der Waals surface area contributed by atoms with Crippen molar-refractivity contribution in [3.63, 3.8) is 0 Å². The van der Waals surface area contributed by atoms with Crippen LogP contribution in [-0.4, -0.2) is 79.8 Å². The van der Waals surface area contributed by atoms with Gasteiger partial charge in [0.2, 0.25) is 17.7 Å². The Morgan fingerprint density at radius 2 is 1.56 bits per heavy atom. The fourth-order valence-electron chi connectivity index (χ4n) is 8.37. The van der Waals surface area contributed by atoms with E-state index >= 15 is 0 Å². The molecule has 0 radical (unpaired) electrons. The zero-order valence-corrected chi connectivity index (χ0v) is 36.9. The first kappa shape index (κ1) is 44.9. The highest BCUT2D eigenvalue weighted by Crippen LogP contribution is 2.28. The summed E-state index contributed by atoms with van der Waals surface area (Å²) >= 11 is 0. The molecule has 6 aromatic rings. The fourth-order valence-corrected chi connectivity index (χ4v) is 8.37. The smallest absolute Gasteiger partial charge is 0.408 e. The minimum atomic E-state index is -1.16. The van der Waals surface area contributed by atoms with E-state index in [-0.39, 0.29) is 36.4 Å². The summed E-state index contributed by atoms with van der Waals surface area (Å²) in [6.07, 6.45) is 2.74. The predicted molar refractivity (Wildman–Crippen MR) is 244 cm³/mol. The number of alkyl carbamates (subject to hydrolysis) is 1. The number of carbonyl (C=O) groups is 3. The molecule has 3 atom stereocenters. The summed E-state index contributed by atoms with van der Waals surface area (Å²) in [6.45, 7) is 9.70. The molecule has 1 fully saturated rings. The molecule has 3 heterocycles. The first-order valence-corrected chi connectivity index (χ1v) is 21.6. The molecule has 15 heteroatoms. The van der Waals surface area contributed by atoms with Crippen molar-refractivity contribution < 1.29 is 28.8 Å². The van der Waals surface area contributed by atoms with Gasteiger partial charge in [-0.2, -0.15) is 4.98 Å². The van der Waals surface area contributed by atoms with Gasteiger partial charge in [0.15, 0.2) is 11.8 Å². The highest BCUT2D eigenvalue weighted by molar-refractivity contribution is 5.92. The average molecular weight is 868 g/mol. The van der Waals surface area contributed by atoms with Gasteiger partial charge in [0.05, 0.1) is 0 Å². The van der Waals surface area contributed by atoms with Gasteiger partial charge < -0.3 is 45.9 Å². The molecule has 334 valence electrons. The number of piperidine rings is 1. The predicted octanol–water partition coefficient (Wildman–Crippen LogP) is 6.76. The SMILES string of the molecule is Cc1cc(O)cc(C)c1C[C@H](NC(=O)[C@H](NC(=O)OC(C)(C)C)C1CCN(C(=N)N)CC1)C(=O)N[C@@H](Cc1c[nH]c2ccccc12)c1nc(Cc2ccc(-c3ccccc3)cc2)no1. The topological polar surface area (TPSA) is 225 Å². The highest BCUT2D eigenvalue weighted by Gasteiger charge is 2.37. The number of nitrogens with zero attached hydrogens (tertiary/aromatic N) is 3. The van der Waals surface area contributed by atoms with Crippen molar-refractivity contribution in [3.05, 3.63) is 137 Å². The van der Waals surface area contributed by atoms with Gasteiger partial charge in [-0.15, -0.1) is 0 Å². The van der Waals surface area contributed by atoms with Crippen molar-refractivity contribution >= 4 is 34.8 Å². The van der Waals surface area contributed by atoms with Crippen molar-refractivity contribution in [1.29, 1.82) is 5.41 Å². The van der Waals surface area contributed by atoms with Crippen LogP contribution in [-0.2, 0) is 33.6 Å². The summed E-state index contributed by atoms with van der Waals surface area (Å²) in [7, 11) is 0. The van der Waals surface area contributed by atoms with Crippen LogP contribution in [0.4, 0.5) is 4.79 Å². The third-order valence-electron chi connectivity index (χ3n) is 11.6. The Hall–Kier alpha value is -7.16. The van der Waals surface area contributed by atoms with Crippen molar-refractivity contribution in [2.24, 2.45) is 11.7 Å². The number of likely N-dealkylation sites (tertiary alicyclic amines) is 1. The van der Waals surface area contributed by atoms with E-state index in [0.29, 0.717) is 38.2 Å². The zero-order chi connectivity index (χ0) is 45.5. The summed E-state index contributed by atoms with van der Waals surface area (Å²) in [5.41, 5.74) is 12.2. The van der Waals surface area contributed by atoms with Crippen molar-refractivity contribution in [1.82, 2.24) is 36.0 Å². The molecule has 1 saturated heterocycles. The number of fused-ring (bicyclic) bond motifs is 1. The molecular weight excluding hydrogens is 811 g/mol. The van der Waals surface area contributed by atoms with E-state index in [1.165, 1.54) is 0 Å². The molecule has 15 nitrogen and oxygen atoms in total. The standard InChI is InChI=1S/C49H57N9O6/c1-29-23-36(59)24-30(2)38(29)27-40(53-45(61)43(56-48(62)63-49(3,4)5)34-19-21-58(22-20-34)47(50)51)44(60)54-41(26-35-28-52-39-14-10-9-13-37(35)39)46-55-42(57-64-46)25-31-15-17-33(18-16-31)32-11-7-6-8-12-32/h6-18,23-24,28,34,40-41,43,52,59H,19-22,25-27H2,1-5H3,(H3,50,51)(H,53,61)(H,54,60)(H,56,62)/t40-,41-,43+/m0/s1. The number of H-pyrrole nitrogens is 1. The lowest BCUT2D eigenvalue weighted by atomic mass is 9.88. The Morgan fingerprint density at radius 3 is 2.23 bits per heavy atom. The maximum Gasteiger partial charge on any atom is 0.408 e. The Balaban J connectivity index is 1.19. The summed E-state index contributed by atoms with van der Waals surface area (Å²) in [5.74, 6) is -0.808. The molecule has 1 aliphatic rings. The number of benzene rings is 4. The molecule has 0 bridgehead atoms.